The van der Waals surface area contributed by atoms with Gasteiger partial charge in [-0.25, -0.2) is 13.2 Å². The van der Waals surface area contributed by atoms with E-state index in [0.29, 0.717) is 24.1 Å². The molecule has 1 aliphatic rings. The van der Waals surface area contributed by atoms with Crippen LogP contribution in [0.4, 0.5) is 18.9 Å². The van der Waals surface area contributed by atoms with E-state index in [1.165, 1.54) is 6.07 Å². The lowest BCUT2D eigenvalue weighted by Gasteiger charge is -2.19. The summed E-state index contributed by atoms with van der Waals surface area (Å²) in [5.41, 5.74) is 0.984. The summed E-state index contributed by atoms with van der Waals surface area (Å²) >= 11 is 2.76. The Morgan fingerprint density at radius 2 is 2.00 bits per heavy atom. The molecular weight excluding hydrogens is 299 g/mol. The summed E-state index contributed by atoms with van der Waals surface area (Å²) in [6.45, 7) is 0. The normalized spacial score (nSPS) is 16.6. The lowest BCUT2D eigenvalue weighted by Crippen LogP contribution is -2.20. The first kappa shape index (κ1) is 12.4. The number of anilines is 1. The van der Waals surface area contributed by atoms with Crippen molar-refractivity contribution >= 4 is 27.5 Å². The van der Waals surface area contributed by atoms with Crippen molar-refractivity contribution in [2.75, 3.05) is 5.32 Å². The van der Waals surface area contributed by atoms with Crippen molar-refractivity contribution in [1.29, 1.82) is 0 Å². The molecule has 1 atom stereocenters. The minimum atomic E-state index is -2.68. The van der Waals surface area contributed by atoms with E-state index in [1.54, 1.807) is 0 Å². The molecular formula is C11H9BrF3NO. The quantitative estimate of drug-likeness (QED) is 0.834. The largest absolute Gasteiger partial charge is 0.326 e. The van der Waals surface area contributed by atoms with Gasteiger partial charge < -0.3 is 5.32 Å². The molecule has 2 rings (SSSR count). The number of aryl methyl sites for hydroxylation is 1. The molecule has 0 radical (unpaired) electrons. The third kappa shape index (κ3) is 2.46. The number of nitrogens with one attached hydrogen (secondary N) is 1. The molecule has 6 heteroatoms. The maximum absolute atomic E-state index is 13.6. The van der Waals surface area contributed by atoms with Gasteiger partial charge >= 0.3 is 0 Å². The van der Waals surface area contributed by atoms with Gasteiger partial charge in [-0.05, 0) is 24.1 Å². The van der Waals surface area contributed by atoms with E-state index in [9.17, 15) is 18.0 Å². The van der Waals surface area contributed by atoms with Crippen LogP contribution in [-0.4, -0.2) is 12.3 Å². The maximum Gasteiger partial charge on any atom is 0.255 e. The van der Waals surface area contributed by atoms with Gasteiger partial charge in [-0.2, -0.15) is 0 Å². The Morgan fingerprint density at radius 1 is 1.29 bits per heavy atom. The first-order valence-electron chi connectivity index (χ1n) is 5.03. The highest BCUT2D eigenvalue weighted by Gasteiger charge is 2.25. The van der Waals surface area contributed by atoms with Crippen molar-refractivity contribution in [2.45, 2.75) is 24.1 Å². The molecule has 1 N–H and O–H groups in total. The molecule has 0 saturated heterocycles. The lowest BCUT2D eigenvalue weighted by molar-refractivity contribution is -0.116. The number of carbonyl (C=O) groups is 1. The second-order valence-corrected chi connectivity index (χ2v) is 4.80. The number of halogens is 4. The van der Waals surface area contributed by atoms with Gasteiger partial charge in [0.2, 0.25) is 5.91 Å². The van der Waals surface area contributed by atoms with Crippen LogP contribution in [0.3, 0.4) is 0 Å². The van der Waals surface area contributed by atoms with Gasteiger partial charge in [0.25, 0.3) is 6.43 Å². The molecule has 1 amide bonds. The van der Waals surface area contributed by atoms with Gasteiger partial charge in [-0.15, -0.1) is 0 Å². The van der Waals surface area contributed by atoms with Crippen LogP contribution in [0.1, 0.15) is 22.4 Å². The van der Waals surface area contributed by atoms with Crippen LogP contribution < -0.4 is 5.32 Å². The molecule has 0 spiro atoms. The van der Waals surface area contributed by atoms with E-state index in [-0.39, 0.29) is 11.5 Å². The Labute approximate surface area is 104 Å². The second-order valence-electron chi connectivity index (χ2n) is 3.82. The summed E-state index contributed by atoms with van der Waals surface area (Å²) in [4.78, 5) is 9.77. The summed E-state index contributed by atoms with van der Waals surface area (Å²) < 4.78 is 38.6. The van der Waals surface area contributed by atoms with E-state index in [2.05, 4.69) is 21.2 Å². The number of alkyl halides is 3. The smallest absolute Gasteiger partial charge is 0.255 e. The third-order valence-corrected chi connectivity index (χ3v) is 3.53. The third-order valence-electron chi connectivity index (χ3n) is 2.64. The number of hydrogen-bond donors (Lipinski definition) is 1. The SMILES string of the molecule is O=C1CCc2cc(C(Br)C(F)F)c(F)cc2N1. The molecule has 0 fully saturated rings. The number of rotatable bonds is 2. The molecule has 92 valence electrons. The van der Waals surface area contributed by atoms with Gasteiger partial charge in [0, 0.05) is 17.7 Å². The predicted octanol–water partition coefficient (Wildman–Crippen LogP) is 3.41. The van der Waals surface area contributed by atoms with E-state index in [0.717, 1.165) is 6.07 Å². The summed E-state index contributed by atoms with van der Waals surface area (Å²) in [6.07, 6.45) is -1.95. The fraction of sp³-hybridized carbons (Fsp3) is 0.364. The first-order valence-corrected chi connectivity index (χ1v) is 5.95. The Kier molecular flexibility index (Phi) is 3.42. The van der Waals surface area contributed by atoms with Crippen molar-refractivity contribution < 1.29 is 18.0 Å². The van der Waals surface area contributed by atoms with E-state index in [1.807, 2.05) is 0 Å². The van der Waals surface area contributed by atoms with Gasteiger partial charge in [-0.1, -0.05) is 15.9 Å². The molecule has 1 unspecified atom stereocenters. The van der Waals surface area contributed by atoms with Crippen LogP contribution in [0.5, 0.6) is 0 Å². The molecule has 1 heterocycles. The summed E-state index contributed by atoms with van der Waals surface area (Å²) in [5, 5.41) is 2.51. The van der Waals surface area contributed by atoms with Crippen LogP contribution in [-0.2, 0) is 11.2 Å². The average Bonchev–Trinajstić information content (AvgIpc) is 2.27. The van der Waals surface area contributed by atoms with Crippen molar-refractivity contribution in [3.8, 4) is 0 Å². The van der Waals surface area contributed by atoms with Gasteiger partial charge in [0.1, 0.15) is 10.6 Å². The fourth-order valence-corrected chi connectivity index (χ4v) is 2.12. The van der Waals surface area contributed by atoms with Crippen molar-refractivity contribution in [3.05, 3.63) is 29.1 Å². The van der Waals surface area contributed by atoms with E-state index in [4.69, 9.17) is 0 Å². The van der Waals surface area contributed by atoms with Gasteiger partial charge in [0.15, 0.2) is 0 Å². The van der Waals surface area contributed by atoms with Crippen LogP contribution in [0.15, 0.2) is 12.1 Å². The van der Waals surface area contributed by atoms with Crippen molar-refractivity contribution in [1.82, 2.24) is 0 Å². The highest BCUT2D eigenvalue weighted by molar-refractivity contribution is 9.09. The monoisotopic (exact) mass is 307 g/mol. The molecule has 2 nitrogen and oxygen atoms in total. The number of amides is 1. The Balaban J connectivity index is 2.41. The number of hydrogen-bond acceptors (Lipinski definition) is 1. The molecule has 1 aliphatic heterocycles. The summed E-state index contributed by atoms with van der Waals surface area (Å²) in [5.74, 6) is -0.929. The topological polar surface area (TPSA) is 29.1 Å². The van der Waals surface area contributed by atoms with Gasteiger partial charge in [-0.3, -0.25) is 4.79 Å². The number of fused-ring (bicyclic) bond motifs is 1. The Morgan fingerprint density at radius 3 is 2.65 bits per heavy atom. The van der Waals surface area contributed by atoms with Crippen LogP contribution in [0, 0.1) is 5.82 Å². The van der Waals surface area contributed by atoms with E-state index >= 15 is 0 Å². The molecule has 0 saturated carbocycles. The Hall–Kier alpha value is -1.04. The molecule has 1 aromatic rings. The zero-order valence-corrected chi connectivity index (χ0v) is 10.2. The van der Waals surface area contributed by atoms with Gasteiger partial charge in [0.05, 0.1) is 0 Å². The summed E-state index contributed by atoms with van der Waals surface area (Å²) in [7, 11) is 0. The zero-order chi connectivity index (χ0) is 12.6. The van der Waals surface area contributed by atoms with E-state index < -0.39 is 17.1 Å². The minimum Gasteiger partial charge on any atom is -0.326 e. The highest BCUT2D eigenvalue weighted by atomic mass is 79.9. The van der Waals surface area contributed by atoms with Crippen molar-refractivity contribution in [2.24, 2.45) is 0 Å². The molecule has 0 aromatic heterocycles. The fourth-order valence-electron chi connectivity index (χ4n) is 1.77. The van der Waals surface area contributed by atoms with Crippen molar-refractivity contribution in [3.63, 3.8) is 0 Å². The van der Waals surface area contributed by atoms with Crippen LogP contribution in [0.2, 0.25) is 0 Å². The predicted molar refractivity (Wildman–Crippen MR) is 61.0 cm³/mol. The van der Waals surface area contributed by atoms with Crippen LogP contribution >= 0.6 is 15.9 Å². The number of benzene rings is 1. The summed E-state index contributed by atoms with van der Waals surface area (Å²) in [6, 6.07) is 2.48. The molecule has 0 bridgehead atoms. The Bertz CT molecular complexity index is 464. The molecule has 0 aliphatic carbocycles. The maximum atomic E-state index is 13.6. The highest BCUT2D eigenvalue weighted by Crippen LogP contribution is 2.35. The first-order chi connectivity index (χ1) is 7.99. The lowest BCUT2D eigenvalue weighted by atomic mass is 9.99. The molecule has 17 heavy (non-hydrogen) atoms. The number of carbonyl (C=O) groups excluding carboxylic acids is 1. The standard InChI is InChI=1S/C11H9BrF3NO/c12-10(11(14)15)6-3-5-1-2-9(17)16-8(5)4-7(6)13/h3-4,10-11H,1-2H2,(H,16,17). The zero-order valence-electron chi connectivity index (χ0n) is 8.64. The van der Waals surface area contributed by atoms with Crippen LogP contribution in [0.25, 0.3) is 0 Å². The average molecular weight is 308 g/mol. The minimum absolute atomic E-state index is 0.0742. The second kappa shape index (κ2) is 4.68. The molecule has 1 aromatic carbocycles.